The number of hydrogen-bond donors (Lipinski definition) is 3. The minimum Gasteiger partial charge on any atom is -0.491 e. The first kappa shape index (κ1) is 28.6. The number of dihydropyridines is 1. The molecule has 13 heteroatoms. The van der Waals surface area contributed by atoms with Crippen LogP contribution in [0.15, 0.2) is 52.9 Å². The van der Waals surface area contributed by atoms with Crippen LogP contribution in [0.2, 0.25) is 0 Å². The first-order valence-electron chi connectivity index (χ1n) is 13.1. The maximum absolute atomic E-state index is 14.3. The molecule has 2 aromatic carbocycles. The van der Waals surface area contributed by atoms with Crippen LogP contribution in [0.1, 0.15) is 24.1 Å². The SMILES string of the molecule is CNc1nc(C)c2cc(C3=CC(NS(=O)(=O)c4ccc(F)cc4F)=C(OC)NC3)cc(OCC3CCOCC3)c2n1. The number of halogens is 2. The van der Waals surface area contributed by atoms with Crippen LogP contribution in [0.25, 0.3) is 16.5 Å². The Morgan fingerprint density at radius 3 is 2.63 bits per heavy atom. The molecule has 1 aromatic heterocycles. The van der Waals surface area contributed by atoms with Gasteiger partial charge in [0.15, 0.2) is 0 Å². The average Bonchev–Trinajstić information content (AvgIpc) is 2.96. The van der Waals surface area contributed by atoms with Gasteiger partial charge in [0.05, 0.1) is 19.4 Å². The maximum Gasteiger partial charge on any atom is 0.264 e. The van der Waals surface area contributed by atoms with E-state index in [4.69, 9.17) is 14.2 Å². The molecule has 0 atom stereocenters. The predicted octanol–water partition coefficient (Wildman–Crippen LogP) is 3.84. The van der Waals surface area contributed by atoms with Crippen LogP contribution in [-0.2, 0) is 19.5 Å². The second-order valence-electron chi connectivity index (χ2n) is 9.77. The first-order valence-corrected chi connectivity index (χ1v) is 14.6. The van der Waals surface area contributed by atoms with Crippen LogP contribution in [-0.4, -0.2) is 58.9 Å². The molecular formula is C28H31F2N5O5S. The molecule has 2 aliphatic rings. The van der Waals surface area contributed by atoms with Gasteiger partial charge in [-0.15, -0.1) is 0 Å². The number of sulfonamides is 1. The highest BCUT2D eigenvalue weighted by Crippen LogP contribution is 2.34. The van der Waals surface area contributed by atoms with Crippen LogP contribution in [0.5, 0.6) is 5.75 Å². The van der Waals surface area contributed by atoms with Crippen molar-refractivity contribution >= 4 is 32.4 Å². The summed E-state index contributed by atoms with van der Waals surface area (Å²) in [5, 5.41) is 6.82. The zero-order chi connectivity index (χ0) is 29.1. The van der Waals surface area contributed by atoms with Gasteiger partial charge in [-0.05, 0) is 67.2 Å². The fourth-order valence-electron chi connectivity index (χ4n) is 4.77. The lowest BCUT2D eigenvalue weighted by Crippen LogP contribution is -2.32. The Balaban J connectivity index is 1.53. The zero-order valence-corrected chi connectivity index (χ0v) is 23.7. The van der Waals surface area contributed by atoms with Crippen LogP contribution < -0.4 is 20.1 Å². The van der Waals surface area contributed by atoms with Crippen molar-refractivity contribution in [2.24, 2.45) is 5.92 Å². The molecule has 1 saturated heterocycles. The first-order chi connectivity index (χ1) is 19.7. The monoisotopic (exact) mass is 587 g/mol. The summed E-state index contributed by atoms with van der Waals surface area (Å²) >= 11 is 0. The summed E-state index contributed by atoms with van der Waals surface area (Å²) in [5.74, 6) is -0.549. The van der Waals surface area contributed by atoms with Crippen molar-refractivity contribution in [3.8, 4) is 5.75 Å². The third-order valence-corrected chi connectivity index (χ3v) is 8.40. The molecule has 0 amide bonds. The predicted molar refractivity (Wildman–Crippen MR) is 150 cm³/mol. The van der Waals surface area contributed by atoms with Crippen LogP contribution >= 0.6 is 0 Å². The number of hydrogen-bond acceptors (Lipinski definition) is 9. The lowest BCUT2D eigenvalue weighted by Gasteiger charge is -2.24. The fourth-order valence-corrected chi connectivity index (χ4v) is 5.89. The molecule has 3 N–H and O–H groups in total. The Hall–Kier alpha value is -3.97. The minimum atomic E-state index is -4.41. The van der Waals surface area contributed by atoms with E-state index in [-0.39, 0.29) is 11.6 Å². The standard InChI is InChI=1S/C28H31F2N5O5S/c1-16-21-10-18(12-24(26(21)34-28(31-2)33-16)40-15-17-6-8-39-9-7-17)19-11-23(27(38-3)32-14-19)35-41(36,37)25-5-4-20(29)13-22(25)30/h4-5,10-13,17,32,35H,6-9,14-15H2,1-3H3,(H,31,33,34). The molecule has 10 nitrogen and oxygen atoms in total. The molecule has 0 aliphatic carbocycles. The van der Waals surface area contributed by atoms with Gasteiger partial charge in [0.2, 0.25) is 11.8 Å². The molecule has 3 aromatic rings. The number of rotatable bonds is 9. The number of aromatic nitrogens is 2. The average molecular weight is 588 g/mol. The topological polar surface area (TPSA) is 124 Å². The summed E-state index contributed by atoms with van der Waals surface area (Å²) in [6.07, 6.45) is 3.42. The minimum absolute atomic E-state index is 0.0562. The number of ether oxygens (including phenoxy) is 3. The van der Waals surface area contributed by atoms with Gasteiger partial charge in [-0.25, -0.2) is 27.2 Å². The number of nitrogens with zero attached hydrogens (tertiary/aromatic N) is 2. The number of aryl methyl sites for hydroxylation is 1. The highest BCUT2D eigenvalue weighted by atomic mass is 32.2. The van der Waals surface area contributed by atoms with Gasteiger partial charge < -0.3 is 24.8 Å². The summed E-state index contributed by atoms with van der Waals surface area (Å²) in [6, 6.07) is 6.05. The van der Waals surface area contributed by atoms with E-state index < -0.39 is 26.6 Å². The molecule has 41 heavy (non-hydrogen) atoms. The molecule has 218 valence electrons. The summed E-state index contributed by atoms with van der Waals surface area (Å²) < 4.78 is 73.3. The Bertz CT molecular complexity index is 1640. The van der Waals surface area contributed by atoms with E-state index in [1.165, 1.54) is 7.11 Å². The van der Waals surface area contributed by atoms with Gasteiger partial charge in [-0.1, -0.05) is 0 Å². The second-order valence-corrected chi connectivity index (χ2v) is 11.4. The van der Waals surface area contributed by atoms with Gasteiger partial charge in [0.25, 0.3) is 10.0 Å². The molecule has 0 bridgehead atoms. The van der Waals surface area contributed by atoms with Gasteiger partial charge in [0, 0.05) is 38.3 Å². The summed E-state index contributed by atoms with van der Waals surface area (Å²) in [4.78, 5) is 8.48. The van der Waals surface area contributed by atoms with Crippen molar-refractivity contribution in [2.75, 3.05) is 45.8 Å². The van der Waals surface area contributed by atoms with Crippen LogP contribution in [0.4, 0.5) is 14.7 Å². The molecule has 0 unspecified atom stereocenters. The number of benzene rings is 2. The van der Waals surface area contributed by atoms with Gasteiger partial charge in [-0.2, -0.15) is 0 Å². The van der Waals surface area contributed by atoms with Crippen LogP contribution in [0, 0.1) is 24.5 Å². The molecule has 0 spiro atoms. The molecule has 2 aliphatic heterocycles. The summed E-state index contributed by atoms with van der Waals surface area (Å²) in [5.41, 5.74) is 2.90. The van der Waals surface area contributed by atoms with E-state index in [0.29, 0.717) is 61.1 Å². The van der Waals surface area contributed by atoms with Crippen LogP contribution in [0.3, 0.4) is 0 Å². The number of allylic oxidation sites excluding steroid dienone is 1. The molecule has 5 rings (SSSR count). The molecular weight excluding hydrogens is 556 g/mol. The number of fused-ring (bicyclic) bond motifs is 1. The second kappa shape index (κ2) is 11.9. The summed E-state index contributed by atoms with van der Waals surface area (Å²) in [6.45, 7) is 4.09. The fraction of sp³-hybridized carbons (Fsp3) is 0.357. The Kier molecular flexibility index (Phi) is 8.27. The Morgan fingerprint density at radius 1 is 1.15 bits per heavy atom. The van der Waals surface area contributed by atoms with E-state index in [0.717, 1.165) is 41.6 Å². The molecule has 0 saturated carbocycles. The normalized spacial score (nSPS) is 16.3. The van der Waals surface area contributed by atoms with Crippen molar-refractivity contribution in [1.29, 1.82) is 0 Å². The Labute approximate surface area is 236 Å². The molecule has 3 heterocycles. The van der Waals surface area contributed by atoms with Crippen molar-refractivity contribution in [2.45, 2.75) is 24.7 Å². The van der Waals surface area contributed by atoms with Crippen molar-refractivity contribution < 1.29 is 31.4 Å². The van der Waals surface area contributed by atoms with E-state index in [2.05, 4.69) is 25.3 Å². The largest absolute Gasteiger partial charge is 0.491 e. The van der Waals surface area contributed by atoms with Crippen molar-refractivity contribution in [3.63, 3.8) is 0 Å². The summed E-state index contributed by atoms with van der Waals surface area (Å²) in [7, 11) is -1.28. The highest BCUT2D eigenvalue weighted by Gasteiger charge is 2.25. The van der Waals surface area contributed by atoms with E-state index >= 15 is 0 Å². The van der Waals surface area contributed by atoms with E-state index in [9.17, 15) is 17.2 Å². The highest BCUT2D eigenvalue weighted by molar-refractivity contribution is 7.89. The molecule has 1 fully saturated rings. The number of anilines is 1. The smallest absolute Gasteiger partial charge is 0.264 e. The van der Waals surface area contributed by atoms with Gasteiger partial charge >= 0.3 is 0 Å². The Morgan fingerprint density at radius 2 is 1.93 bits per heavy atom. The van der Waals surface area contributed by atoms with Gasteiger partial charge in [-0.3, -0.25) is 4.72 Å². The zero-order valence-electron chi connectivity index (χ0n) is 22.9. The molecule has 0 radical (unpaired) electrons. The van der Waals surface area contributed by atoms with E-state index in [1.54, 1.807) is 13.1 Å². The van der Waals surface area contributed by atoms with Crippen molar-refractivity contribution in [1.82, 2.24) is 20.0 Å². The lowest BCUT2D eigenvalue weighted by molar-refractivity contribution is 0.0499. The number of methoxy groups -OCH3 is 1. The van der Waals surface area contributed by atoms with Crippen molar-refractivity contribution in [3.05, 3.63) is 70.9 Å². The lowest BCUT2D eigenvalue weighted by atomic mass is 9.99. The quantitative estimate of drug-likeness (QED) is 0.343. The van der Waals surface area contributed by atoms with Gasteiger partial charge in [0.1, 0.15) is 33.5 Å². The third-order valence-electron chi connectivity index (χ3n) is 7.00. The maximum atomic E-state index is 14.3. The van der Waals surface area contributed by atoms with E-state index in [1.807, 2.05) is 19.1 Å². The number of nitrogens with one attached hydrogen (secondary N) is 3. The third kappa shape index (κ3) is 6.20.